The van der Waals surface area contributed by atoms with Crippen LogP contribution in [0.5, 0.6) is 0 Å². The third-order valence-corrected chi connectivity index (χ3v) is 9.32. The van der Waals surface area contributed by atoms with E-state index in [0.29, 0.717) is 5.02 Å². The van der Waals surface area contributed by atoms with Crippen molar-refractivity contribution in [1.29, 1.82) is 0 Å². The van der Waals surface area contributed by atoms with Gasteiger partial charge in [0.05, 0.1) is 10.6 Å². The molecule has 0 radical (unpaired) electrons. The number of likely N-dealkylation sites (N-methyl/N-ethyl adjacent to an activating group) is 1. The Labute approximate surface area is 257 Å². The van der Waals surface area contributed by atoms with E-state index in [0.717, 1.165) is 21.0 Å². The normalized spacial score (nSPS) is 11.9. The maximum absolute atomic E-state index is 14.9. The first-order valence-corrected chi connectivity index (χ1v) is 15.5. The predicted octanol–water partition coefficient (Wildman–Crippen LogP) is 5.68. The van der Waals surface area contributed by atoms with Crippen LogP contribution in [0.1, 0.15) is 22.3 Å². The monoisotopic (exact) mass is 621 g/mol. The van der Waals surface area contributed by atoms with E-state index < -0.39 is 40.2 Å². The van der Waals surface area contributed by atoms with Crippen molar-refractivity contribution in [1.82, 2.24) is 10.2 Å². The van der Waals surface area contributed by atoms with E-state index in [-0.39, 0.29) is 29.1 Å². The zero-order chi connectivity index (χ0) is 31.1. The van der Waals surface area contributed by atoms with Crippen molar-refractivity contribution in [2.75, 3.05) is 17.9 Å². The highest BCUT2D eigenvalue weighted by Gasteiger charge is 2.34. The van der Waals surface area contributed by atoms with Crippen molar-refractivity contribution in [3.05, 3.63) is 130 Å². The summed E-state index contributed by atoms with van der Waals surface area (Å²) in [6.07, 6.45) is 0.133. The van der Waals surface area contributed by atoms with Gasteiger partial charge in [-0.05, 0) is 73.0 Å². The minimum atomic E-state index is -4.27. The molecule has 0 fully saturated rings. The number of benzene rings is 4. The number of anilines is 1. The van der Waals surface area contributed by atoms with Crippen LogP contribution in [0.4, 0.5) is 10.1 Å². The first kappa shape index (κ1) is 31.7. The fraction of sp³-hybridized carbons (Fsp3) is 0.212. The molecule has 0 aliphatic rings. The molecule has 0 unspecified atom stereocenters. The Morgan fingerprint density at radius 2 is 1.53 bits per heavy atom. The van der Waals surface area contributed by atoms with Gasteiger partial charge >= 0.3 is 0 Å². The second-order valence-corrected chi connectivity index (χ2v) is 12.5. The lowest BCUT2D eigenvalue weighted by Gasteiger charge is -2.33. The summed E-state index contributed by atoms with van der Waals surface area (Å²) in [7, 11) is -2.81. The maximum atomic E-state index is 14.9. The van der Waals surface area contributed by atoms with E-state index in [9.17, 15) is 22.4 Å². The Morgan fingerprint density at radius 3 is 2.16 bits per heavy atom. The van der Waals surface area contributed by atoms with Gasteiger partial charge in [0.15, 0.2) is 0 Å². The molecule has 0 aliphatic carbocycles. The second-order valence-electron chi connectivity index (χ2n) is 10.2. The Kier molecular flexibility index (Phi) is 10.2. The number of hydrogen-bond donors (Lipinski definition) is 1. The van der Waals surface area contributed by atoms with Crippen molar-refractivity contribution < 1.29 is 22.4 Å². The molecule has 43 heavy (non-hydrogen) atoms. The molecule has 4 rings (SSSR count). The number of aryl methyl sites for hydroxylation is 2. The molecular weight excluding hydrogens is 589 g/mol. The van der Waals surface area contributed by atoms with Crippen LogP contribution in [-0.4, -0.2) is 44.8 Å². The van der Waals surface area contributed by atoms with Crippen LogP contribution in [0.2, 0.25) is 5.02 Å². The quantitative estimate of drug-likeness (QED) is 0.234. The first-order chi connectivity index (χ1) is 20.5. The molecule has 2 amide bonds. The fourth-order valence-corrected chi connectivity index (χ4v) is 6.21. The average Bonchev–Trinajstić information content (AvgIpc) is 3.00. The number of nitrogens with zero attached hydrogens (tertiary/aromatic N) is 2. The van der Waals surface area contributed by atoms with E-state index in [4.69, 9.17) is 11.6 Å². The lowest BCUT2D eigenvalue weighted by atomic mass is 10.0. The molecule has 0 aliphatic heterocycles. The number of amides is 2. The summed E-state index contributed by atoms with van der Waals surface area (Å²) in [4.78, 5) is 28.7. The van der Waals surface area contributed by atoms with E-state index in [1.807, 2.05) is 44.2 Å². The Bertz CT molecular complexity index is 1700. The van der Waals surface area contributed by atoms with Crippen LogP contribution in [0.15, 0.2) is 102 Å². The van der Waals surface area contributed by atoms with Gasteiger partial charge in [0.1, 0.15) is 18.4 Å². The zero-order valence-electron chi connectivity index (χ0n) is 24.1. The van der Waals surface area contributed by atoms with Crippen molar-refractivity contribution in [3.8, 4) is 0 Å². The molecule has 4 aromatic carbocycles. The van der Waals surface area contributed by atoms with Crippen LogP contribution in [0, 0.1) is 19.7 Å². The van der Waals surface area contributed by atoms with Crippen LogP contribution in [0.3, 0.4) is 0 Å². The number of halogens is 2. The van der Waals surface area contributed by atoms with Crippen molar-refractivity contribution in [2.45, 2.75) is 37.8 Å². The minimum absolute atomic E-state index is 0.0595. The molecule has 7 nitrogen and oxygen atoms in total. The third kappa shape index (κ3) is 7.60. The number of sulfonamides is 1. The second kappa shape index (κ2) is 13.8. The molecule has 224 valence electrons. The predicted molar refractivity (Wildman–Crippen MR) is 167 cm³/mol. The molecule has 0 saturated heterocycles. The summed E-state index contributed by atoms with van der Waals surface area (Å²) >= 11 is 6.02. The van der Waals surface area contributed by atoms with Crippen molar-refractivity contribution in [2.24, 2.45) is 0 Å². The number of carbonyl (C=O) groups is 2. The molecule has 1 N–H and O–H groups in total. The number of carbonyl (C=O) groups excluding carboxylic acids is 2. The van der Waals surface area contributed by atoms with Crippen LogP contribution in [0.25, 0.3) is 0 Å². The summed E-state index contributed by atoms with van der Waals surface area (Å²) in [6.45, 7) is 2.86. The van der Waals surface area contributed by atoms with Gasteiger partial charge in [0.2, 0.25) is 11.8 Å². The van der Waals surface area contributed by atoms with E-state index in [1.165, 1.54) is 54.4 Å². The van der Waals surface area contributed by atoms with Gasteiger partial charge < -0.3 is 10.2 Å². The molecule has 10 heteroatoms. The molecular formula is C33H33ClFN3O4S. The van der Waals surface area contributed by atoms with Crippen molar-refractivity contribution >= 4 is 39.1 Å². The highest BCUT2D eigenvalue weighted by molar-refractivity contribution is 7.92. The maximum Gasteiger partial charge on any atom is 0.264 e. The number of rotatable bonds is 11. The van der Waals surface area contributed by atoms with E-state index in [2.05, 4.69) is 5.32 Å². The Morgan fingerprint density at radius 1 is 0.884 bits per heavy atom. The van der Waals surface area contributed by atoms with Gasteiger partial charge in [-0.15, -0.1) is 0 Å². The highest BCUT2D eigenvalue weighted by Crippen LogP contribution is 2.28. The first-order valence-electron chi connectivity index (χ1n) is 13.6. The lowest BCUT2D eigenvalue weighted by molar-refractivity contribution is -0.139. The summed E-state index contributed by atoms with van der Waals surface area (Å²) < 4.78 is 44.0. The summed E-state index contributed by atoms with van der Waals surface area (Å²) in [5.74, 6) is -1.69. The summed E-state index contributed by atoms with van der Waals surface area (Å²) in [5, 5.41) is 2.97. The van der Waals surface area contributed by atoms with Crippen LogP contribution < -0.4 is 9.62 Å². The summed E-state index contributed by atoms with van der Waals surface area (Å²) in [5.41, 5.74) is 3.02. The van der Waals surface area contributed by atoms with Gasteiger partial charge in [0, 0.05) is 30.6 Å². The van der Waals surface area contributed by atoms with Crippen molar-refractivity contribution in [3.63, 3.8) is 0 Å². The smallest absolute Gasteiger partial charge is 0.264 e. The molecule has 1 atom stereocenters. The van der Waals surface area contributed by atoms with Gasteiger partial charge in [0.25, 0.3) is 10.0 Å². The Hall–Kier alpha value is -4.21. The standard InChI is InChI=1S/C33H33ClFN3O4S/c1-23-13-16-28(19-24(23)2)38(43(41,42)29-17-14-27(34)15-18-29)22-32(39)37(21-26-11-7-8-12-30(26)35)31(33(40)36-3)20-25-9-5-4-6-10-25/h4-19,31H,20-22H2,1-3H3,(H,36,40)/t31-/m1/s1. The third-order valence-electron chi connectivity index (χ3n) is 7.27. The number of nitrogens with one attached hydrogen (secondary N) is 1. The average molecular weight is 622 g/mol. The van der Waals surface area contributed by atoms with Gasteiger partial charge in [-0.1, -0.05) is 66.2 Å². The molecule has 4 aromatic rings. The minimum Gasteiger partial charge on any atom is -0.357 e. The molecule has 0 heterocycles. The zero-order valence-corrected chi connectivity index (χ0v) is 25.7. The molecule has 0 aromatic heterocycles. The molecule has 0 bridgehead atoms. The molecule has 0 spiro atoms. The van der Waals surface area contributed by atoms with E-state index in [1.54, 1.807) is 24.3 Å². The van der Waals surface area contributed by atoms with Gasteiger partial charge in [-0.3, -0.25) is 13.9 Å². The Balaban J connectivity index is 1.81. The number of hydrogen-bond acceptors (Lipinski definition) is 4. The van der Waals surface area contributed by atoms with E-state index >= 15 is 0 Å². The lowest BCUT2D eigenvalue weighted by Crippen LogP contribution is -2.53. The highest BCUT2D eigenvalue weighted by atomic mass is 35.5. The van der Waals surface area contributed by atoms with Crippen LogP contribution in [-0.2, 0) is 32.6 Å². The largest absolute Gasteiger partial charge is 0.357 e. The summed E-state index contributed by atoms with van der Waals surface area (Å²) in [6, 6.07) is 24.8. The van der Waals surface area contributed by atoms with Gasteiger partial charge in [-0.25, -0.2) is 12.8 Å². The van der Waals surface area contributed by atoms with Crippen LogP contribution >= 0.6 is 11.6 Å². The SMILES string of the molecule is CNC(=O)[C@@H](Cc1ccccc1)N(Cc1ccccc1F)C(=O)CN(c1ccc(C)c(C)c1)S(=O)(=O)c1ccc(Cl)cc1. The fourth-order valence-electron chi connectivity index (χ4n) is 4.67. The topological polar surface area (TPSA) is 86.8 Å². The molecule has 0 saturated carbocycles. The van der Waals surface area contributed by atoms with Gasteiger partial charge in [-0.2, -0.15) is 0 Å².